The molecule has 1 aromatic heterocycles. The Labute approximate surface area is 162 Å². The number of nitrogens with one attached hydrogen (secondary N) is 2. The maximum atomic E-state index is 13.5. The van der Waals surface area contributed by atoms with Gasteiger partial charge in [-0.3, -0.25) is 14.5 Å². The van der Waals surface area contributed by atoms with Crippen molar-refractivity contribution in [1.29, 1.82) is 0 Å². The summed E-state index contributed by atoms with van der Waals surface area (Å²) in [4.78, 5) is 30.3. The van der Waals surface area contributed by atoms with E-state index >= 15 is 0 Å². The lowest BCUT2D eigenvalue weighted by molar-refractivity contribution is -0.122. The smallest absolute Gasteiger partial charge is 0.234 e. The predicted octanol–water partition coefficient (Wildman–Crippen LogP) is 2.65. The Bertz CT molecular complexity index is 1090. The zero-order valence-corrected chi connectivity index (χ0v) is 15.7. The molecule has 5 nitrogen and oxygen atoms in total. The first kappa shape index (κ1) is 18.4. The van der Waals surface area contributed by atoms with E-state index in [9.17, 15) is 14.0 Å². The van der Waals surface area contributed by atoms with Gasteiger partial charge in [0.05, 0.1) is 6.54 Å². The van der Waals surface area contributed by atoms with Crippen molar-refractivity contribution >= 4 is 16.8 Å². The Balaban J connectivity index is 1.44. The molecule has 144 valence electrons. The number of aryl methyl sites for hydroxylation is 1. The van der Waals surface area contributed by atoms with Crippen LogP contribution in [0.15, 0.2) is 47.3 Å². The fourth-order valence-corrected chi connectivity index (χ4v) is 3.60. The number of hydrogen-bond donors (Lipinski definition) is 2. The zero-order valence-electron chi connectivity index (χ0n) is 15.7. The Morgan fingerprint density at radius 3 is 2.79 bits per heavy atom. The van der Waals surface area contributed by atoms with Crippen LogP contribution in [0.4, 0.5) is 4.39 Å². The van der Waals surface area contributed by atoms with Crippen molar-refractivity contribution in [2.24, 2.45) is 0 Å². The van der Waals surface area contributed by atoms with E-state index in [1.807, 2.05) is 36.1 Å². The molecular weight excluding hydrogens is 357 g/mol. The van der Waals surface area contributed by atoms with Gasteiger partial charge in [0.25, 0.3) is 0 Å². The van der Waals surface area contributed by atoms with Gasteiger partial charge in [-0.25, -0.2) is 4.39 Å². The van der Waals surface area contributed by atoms with E-state index in [0.717, 1.165) is 11.3 Å². The SMILES string of the molecule is Cc1ccc(CNC(=O)CN2CCc3[nH]c4ccc(F)cc4c(=O)c3C2)cc1. The molecule has 0 bridgehead atoms. The third-order valence-corrected chi connectivity index (χ3v) is 5.19. The molecule has 2 heterocycles. The quantitative estimate of drug-likeness (QED) is 0.733. The van der Waals surface area contributed by atoms with E-state index in [0.29, 0.717) is 42.5 Å². The molecular formula is C22H22FN3O2. The molecule has 6 heteroatoms. The van der Waals surface area contributed by atoms with Crippen molar-refractivity contribution in [3.8, 4) is 0 Å². The van der Waals surface area contributed by atoms with Crippen LogP contribution < -0.4 is 10.7 Å². The van der Waals surface area contributed by atoms with Gasteiger partial charge in [0.2, 0.25) is 5.91 Å². The van der Waals surface area contributed by atoms with Gasteiger partial charge in [-0.15, -0.1) is 0 Å². The number of halogens is 1. The molecule has 28 heavy (non-hydrogen) atoms. The summed E-state index contributed by atoms with van der Waals surface area (Å²) < 4.78 is 13.5. The van der Waals surface area contributed by atoms with Crippen LogP contribution >= 0.6 is 0 Å². The first-order valence-electron chi connectivity index (χ1n) is 9.37. The lowest BCUT2D eigenvalue weighted by Gasteiger charge is -2.27. The number of pyridine rings is 1. The first-order valence-corrected chi connectivity index (χ1v) is 9.37. The van der Waals surface area contributed by atoms with Gasteiger partial charge in [0, 0.05) is 48.2 Å². The van der Waals surface area contributed by atoms with E-state index in [1.165, 1.54) is 17.7 Å². The van der Waals surface area contributed by atoms with Crippen molar-refractivity contribution in [3.05, 3.63) is 80.9 Å². The third-order valence-electron chi connectivity index (χ3n) is 5.19. The zero-order chi connectivity index (χ0) is 19.7. The number of aromatic nitrogens is 1. The van der Waals surface area contributed by atoms with E-state index < -0.39 is 5.82 Å². The highest BCUT2D eigenvalue weighted by molar-refractivity contribution is 5.80. The van der Waals surface area contributed by atoms with E-state index in [1.54, 1.807) is 6.07 Å². The minimum absolute atomic E-state index is 0.0766. The topological polar surface area (TPSA) is 65.2 Å². The standard InChI is InChI=1S/C22H22FN3O2/c1-14-2-4-15(5-3-14)11-24-21(27)13-26-9-8-20-18(12-26)22(28)17-10-16(23)6-7-19(17)25-20/h2-7,10H,8-9,11-13H2,1H3,(H,24,27)(H,25,28). The van der Waals surface area contributed by atoms with Crippen LogP contribution in [0.3, 0.4) is 0 Å². The number of aromatic amines is 1. The van der Waals surface area contributed by atoms with Crippen LogP contribution in [0.25, 0.3) is 10.9 Å². The van der Waals surface area contributed by atoms with Crippen molar-refractivity contribution in [3.63, 3.8) is 0 Å². The fraction of sp³-hybridized carbons (Fsp3) is 0.273. The molecule has 1 aliphatic heterocycles. The fourth-order valence-electron chi connectivity index (χ4n) is 3.60. The highest BCUT2D eigenvalue weighted by Crippen LogP contribution is 2.18. The molecule has 0 saturated carbocycles. The number of hydrogen-bond acceptors (Lipinski definition) is 3. The van der Waals surface area contributed by atoms with Gasteiger partial charge in [0.1, 0.15) is 5.82 Å². The summed E-state index contributed by atoms with van der Waals surface area (Å²) in [5.41, 5.74) is 4.21. The molecule has 0 radical (unpaired) electrons. The Hall–Kier alpha value is -2.99. The molecule has 0 fully saturated rings. The molecule has 0 saturated heterocycles. The highest BCUT2D eigenvalue weighted by Gasteiger charge is 2.22. The van der Waals surface area contributed by atoms with Gasteiger partial charge in [-0.2, -0.15) is 0 Å². The van der Waals surface area contributed by atoms with E-state index in [4.69, 9.17) is 0 Å². The van der Waals surface area contributed by atoms with Crippen LogP contribution in [-0.4, -0.2) is 28.9 Å². The van der Waals surface area contributed by atoms with E-state index in [2.05, 4.69) is 10.3 Å². The largest absolute Gasteiger partial charge is 0.358 e. The second-order valence-corrected chi connectivity index (χ2v) is 7.32. The van der Waals surface area contributed by atoms with Gasteiger partial charge < -0.3 is 10.3 Å². The van der Waals surface area contributed by atoms with Crippen molar-refractivity contribution in [2.75, 3.05) is 13.1 Å². The van der Waals surface area contributed by atoms with E-state index in [-0.39, 0.29) is 17.9 Å². The summed E-state index contributed by atoms with van der Waals surface area (Å²) in [5.74, 6) is -0.506. The third kappa shape index (κ3) is 3.82. The van der Waals surface area contributed by atoms with Crippen molar-refractivity contribution in [1.82, 2.24) is 15.2 Å². The lowest BCUT2D eigenvalue weighted by Crippen LogP contribution is -2.41. The number of carbonyl (C=O) groups excluding carboxylic acids is 1. The summed E-state index contributed by atoms with van der Waals surface area (Å²) >= 11 is 0. The van der Waals surface area contributed by atoms with Crippen LogP contribution in [-0.2, 0) is 24.3 Å². The highest BCUT2D eigenvalue weighted by atomic mass is 19.1. The second kappa shape index (κ2) is 7.56. The van der Waals surface area contributed by atoms with Gasteiger partial charge in [-0.05, 0) is 30.7 Å². The Morgan fingerprint density at radius 1 is 1.21 bits per heavy atom. The normalized spacial score (nSPS) is 14.1. The molecule has 4 rings (SSSR count). The number of amides is 1. The molecule has 2 aromatic carbocycles. The Kier molecular flexibility index (Phi) is 4.96. The monoisotopic (exact) mass is 379 g/mol. The summed E-state index contributed by atoms with van der Waals surface area (Å²) in [6, 6.07) is 12.2. The summed E-state index contributed by atoms with van der Waals surface area (Å²) in [6.07, 6.45) is 0.656. The maximum absolute atomic E-state index is 13.5. The Morgan fingerprint density at radius 2 is 2.00 bits per heavy atom. The number of fused-ring (bicyclic) bond motifs is 2. The minimum atomic E-state index is -0.430. The van der Waals surface area contributed by atoms with Gasteiger partial charge in [-0.1, -0.05) is 29.8 Å². The summed E-state index contributed by atoms with van der Waals surface area (Å²) in [7, 11) is 0. The van der Waals surface area contributed by atoms with Crippen LogP contribution in [0, 0.1) is 12.7 Å². The number of H-pyrrole nitrogens is 1. The first-order chi connectivity index (χ1) is 13.5. The predicted molar refractivity (Wildman–Crippen MR) is 107 cm³/mol. The van der Waals surface area contributed by atoms with Crippen molar-refractivity contribution in [2.45, 2.75) is 26.4 Å². The summed E-state index contributed by atoms with van der Waals surface area (Å²) in [6.45, 7) is 3.80. The molecule has 3 aromatic rings. The lowest BCUT2D eigenvalue weighted by atomic mass is 10.0. The second-order valence-electron chi connectivity index (χ2n) is 7.32. The maximum Gasteiger partial charge on any atom is 0.234 e. The number of benzene rings is 2. The average Bonchev–Trinajstić information content (AvgIpc) is 2.69. The van der Waals surface area contributed by atoms with Crippen LogP contribution in [0.1, 0.15) is 22.4 Å². The van der Waals surface area contributed by atoms with Crippen LogP contribution in [0.2, 0.25) is 0 Å². The molecule has 0 atom stereocenters. The molecule has 1 aliphatic rings. The number of nitrogens with zero attached hydrogens (tertiary/aromatic N) is 1. The molecule has 0 unspecified atom stereocenters. The molecule has 0 aliphatic carbocycles. The van der Waals surface area contributed by atoms with Gasteiger partial charge in [0.15, 0.2) is 5.43 Å². The van der Waals surface area contributed by atoms with Crippen LogP contribution in [0.5, 0.6) is 0 Å². The summed E-state index contributed by atoms with van der Waals surface area (Å²) in [5, 5.41) is 3.28. The average molecular weight is 379 g/mol. The minimum Gasteiger partial charge on any atom is -0.358 e. The number of carbonyl (C=O) groups is 1. The van der Waals surface area contributed by atoms with Crippen molar-refractivity contribution < 1.29 is 9.18 Å². The molecule has 1 amide bonds. The number of rotatable bonds is 4. The molecule has 2 N–H and O–H groups in total. The van der Waals surface area contributed by atoms with Gasteiger partial charge >= 0.3 is 0 Å². The molecule has 0 spiro atoms.